The van der Waals surface area contributed by atoms with Gasteiger partial charge in [0, 0.05) is 41.9 Å². The van der Waals surface area contributed by atoms with Crippen LogP contribution in [0.2, 0.25) is 0 Å². The fourth-order valence-electron chi connectivity index (χ4n) is 3.24. The van der Waals surface area contributed by atoms with Gasteiger partial charge in [-0.2, -0.15) is 5.26 Å². The molecule has 1 aliphatic rings. The van der Waals surface area contributed by atoms with Gasteiger partial charge in [-0.1, -0.05) is 0 Å². The van der Waals surface area contributed by atoms with Gasteiger partial charge in [-0.3, -0.25) is 9.78 Å². The third kappa shape index (κ3) is 3.29. The molecule has 3 aromatic rings. The van der Waals surface area contributed by atoms with E-state index in [4.69, 9.17) is 11.0 Å². The molecule has 0 radical (unpaired) electrons. The zero-order valence-electron chi connectivity index (χ0n) is 14.8. The normalized spacial score (nSPS) is 18.1. The van der Waals surface area contributed by atoms with Crippen LogP contribution in [0.25, 0.3) is 22.0 Å². The molecule has 27 heavy (non-hydrogen) atoms. The Balaban J connectivity index is 1.64. The summed E-state index contributed by atoms with van der Waals surface area (Å²) in [6.45, 7) is 1.99. The Kier molecular flexibility index (Phi) is 4.16. The lowest BCUT2D eigenvalue weighted by molar-refractivity contribution is -0.117. The number of nitrogen functional groups attached to an aromatic ring is 1. The number of aryl methyl sites for hydroxylation is 1. The molecule has 1 amide bonds. The van der Waals surface area contributed by atoms with E-state index in [1.807, 2.05) is 19.1 Å². The average molecular weight is 358 g/mol. The average Bonchev–Trinajstić information content (AvgIpc) is 3.41. The minimum absolute atomic E-state index is 0.0903. The lowest BCUT2D eigenvalue weighted by Crippen LogP contribution is -2.15. The van der Waals surface area contributed by atoms with Crippen LogP contribution in [0.3, 0.4) is 0 Å². The van der Waals surface area contributed by atoms with Crippen molar-refractivity contribution in [3.05, 3.63) is 42.4 Å². The second-order valence-electron chi connectivity index (χ2n) is 6.83. The van der Waals surface area contributed by atoms with Gasteiger partial charge in [-0.15, -0.1) is 0 Å². The van der Waals surface area contributed by atoms with Crippen molar-refractivity contribution in [1.82, 2.24) is 15.0 Å². The number of pyridine rings is 3. The summed E-state index contributed by atoms with van der Waals surface area (Å²) in [5.74, 6) is 0.822. The summed E-state index contributed by atoms with van der Waals surface area (Å²) in [6.07, 6.45) is 6.29. The first-order chi connectivity index (χ1) is 13.1. The van der Waals surface area contributed by atoms with Gasteiger partial charge in [0.15, 0.2) is 0 Å². The first-order valence-electron chi connectivity index (χ1n) is 8.72. The molecular weight excluding hydrogens is 340 g/mol. The molecule has 0 aliphatic heterocycles. The highest BCUT2D eigenvalue weighted by Gasteiger charge is 2.42. The van der Waals surface area contributed by atoms with Crippen LogP contribution in [0.5, 0.6) is 0 Å². The van der Waals surface area contributed by atoms with Crippen LogP contribution in [-0.4, -0.2) is 20.9 Å². The summed E-state index contributed by atoms with van der Waals surface area (Å²) in [7, 11) is 0. The monoisotopic (exact) mass is 358 g/mol. The summed E-state index contributed by atoms with van der Waals surface area (Å²) >= 11 is 0. The quantitative estimate of drug-likeness (QED) is 0.740. The van der Waals surface area contributed by atoms with Crippen molar-refractivity contribution >= 4 is 28.3 Å². The molecule has 7 nitrogen and oxygen atoms in total. The Bertz CT molecular complexity index is 1090. The van der Waals surface area contributed by atoms with Crippen molar-refractivity contribution in [1.29, 1.82) is 5.26 Å². The predicted molar refractivity (Wildman–Crippen MR) is 102 cm³/mol. The van der Waals surface area contributed by atoms with E-state index in [9.17, 15) is 4.79 Å². The minimum atomic E-state index is -0.0988. The van der Waals surface area contributed by atoms with E-state index < -0.39 is 0 Å². The van der Waals surface area contributed by atoms with Gasteiger partial charge < -0.3 is 11.1 Å². The first-order valence-corrected chi connectivity index (χ1v) is 8.72. The van der Waals surface area contributed by atoms with Crippen LogP contribution in [0.4, 0.5) is 11.6 Å². The standard InChI is InChI=1S/C20H18N6O/c1-11-3-5-23-9-15(11)17-7-13-8-18(24-10-16(13)19(22)25-17)26-20(27)14-6-12(14)2-4-21/h3,5,7-10,12,14H,2,6H2,1H3,(H2,22,25)(H,24,26,27)/t12?,14-/m1/s1. The molecule has 1 saturated carbocycles. The number of nitrogens with zero attached hydrogens (tertiary/aromatic N) is 4. The highest BCUT2D eigenvalue weighted by Crippen LogP contribution is 2.41. The van der Waals surface area contributed by atoms with E-state index in [1.54, 1.807) is 24.7 Å². The Labute approximate surface area is 156 Å². The zero-order chi connectivity index (χ0) is 19.0. The van der Waals surface area contributed by atoms with Gasteiger partial charge in [0.1, 0.15) is 11.6 Å². The summed E-state index contributed by atoms with van der Waals surface area (Å²) in [6, 6.07) is 7.75. The number of nitriles is 1. The molecule has 0 saturated heterocycles. The predicted octanol–water partition coefficient (Wildman–Crippen LogP) is 3.07. The third-order valence-electron chi connectivity index (χ3n) is 4.92. The molecule has 7 heteroatoms. The molecule has 1 fully saturated rings. The van der Waals surface area contributed by atoms with E-state index >= 15 is 0 Å². The van der Waals surface area contributed by atoms with Crippen molar-refractivity contribution < 1.29 is 4.79 Å². The van der Waals surface area contributed by atoms with Crippen molar-refractivity contribution in [2.45, 2.75) is 19.8 Å². The number of carbonyl (C=O) groups is 1. The molecule has 134 valence electrons. The number of carbonyl (C=O) groups excluding carboxylic acids is 1. The topological polar surface area (TPSA) is 118 Å². The molecule has 2 atom stereocenters. The van der Waals surface area contributed by atoms with Crippen molar-refractivity contribution in [3.63, 3.8) is 0 Å². The number of nitrogens with two attached hydrogens (primary N) is 1. The lowest BCUT2D eigenvalue weighted by atomic mass is 10.1. The summed E-state index contributed by atoms with van der Waals surface area (Å²) in [4.78, 5) is 25.2. The van der Waals surface area contributed by atoms with Crippen LogP contribution >= 0.6 is 0 Å². The second kappa shape index (κ2) is 6.65. The number of rotatable bonds is 4. The molecule has 0 aromatic carbocycles. The number of hydrogen-bond donors (Lipinski definition) is 2. The molecule has 1 aliphatic carbocycles. The van der Waals surface area contributed by atoms with Gasteiger partial charge in [0.2, 0.25) is 5.91 Å². The molecule has 3 aromatic heterocycles. The van der Waals surface area contributed by atoms with E-state index in [1.165, 1.54) is 0 Å². The number of fused-ring (bicyclic) bond motifs is 1. The maximum Gasteiger partial charge on any atom is 0.228 e. The van der Waals surface area contributed by atoms with Crippen LogP contribution < -0.4 is 11.1 Å². The van der Waals surface area contributed by atoms with Gasteiger partial charge in [0.05, 0.1) is 11.8 Å². The molecule has 3 heterocycles. The van der Waals surface area contributed by atoms with E-state index in [0.29, 0.717) is 18.1 Å². The Morgan fingerprint density at radius 3 is 3.04 bits per heavy atom. The maximum atomic E-state index is 12.3. The minimum Gasteiger partial charge on any atom is -0.383 e. The maximum absolute atomic E-state index is 12.3. The lowest BCUT2D eigenvalue weighted by Gasteiger charge is -2.10. The Hall–Kier alpha value is -3.53. The van der Waals surface area contributed by atoms with Crippen molar-refractivity contribution in [3.8, 4) is 17.3 Å². The smallest absolute Gasteiger partial charge is 0.228 e. The largest absolute Gasteiger partial charge is 0.383 e. The summed E-state index contributed by atoms with van der Waals surface area (Å²) < 4.78 is 0. The zero-order valence-corrected chi connectivity index (χ0v) is 14.8. The van der Waals surface area contributed by atoms with Gasteiger partial charge in [-0.05, 0) is 48.4 Å². The molecular formula is C20H18N6O. The fourth-order valence-corrected chi connectivity index (χ4v) is 3.24. The third-order valence-corrected chi connectivity index (χ3v) is 4.92. The Morgan fingerprint density at radius 2 is 2.26 bits per heavy atom. The summed E-state index contributed by atoms with van der Waals surface area (Å²) in [5, 5.41) is 13.1. The molecule has 0 spiro atoms. The molecule has 3 N–H and O–H groups in total. The first kappa shape index (κ1) is 16.9. The number of aromatic nitrogens is 3. The highest BCUT2D eigenvalue weighted by molar-refractivity contribution is 5.98. The van der Waals surface area contributed by atoms with Gasteiger partial charge >= 0.3 is 0 Å². The van der Waals surface area contributed by atoms with Crippen LogP contribution in [0.1, 0.15) is 18.4 Å². The number of nitrogens with one attached hydrogen (secondary N) is 1. The van der Waals surface area contributed by atoms with Gasteiger partial charge in [0.25, 0.3) is 0 Å². The number of anilines is 2. The second-order valence-corrected chi connectivity index (χ2v) is 6.83. The SMILES string of the molecule is Cc1ccncc1-c1cc2cc(NC(=O)[C@@H]3CC3CC#N)ncc2c(N)n1. The van der Waals surface area contributed by atoms with Crippen LogP contribution in [-0.2, 0) is 4.79 Å². The Morgan fingerprint density at radius 1 is 1.41 bits per heavy atom. The fraction of sp³-hybridized carbons (Fsp3) is 0.250. The number of amides is 1. The van der Waals surface area contributed by atoms with E-state index in [2.05, 4.69) is 26.3 Å². The van der Waals surface area contributed by atoms with Crippen LogP contribution in [0.15, 0.2) is 36.8 Å². The van der Waals surface area contributed by atoms with Crippen LogP contribution in [0, 0.1) is 30.1 Å². The summed E-state index contributed by atoms with van der Waals surface area (Å²) in [5.41, 5.74) is 8.80. The van der Waals surface area contributed by atoms with Gasteiger partial charge in [-0.25, -0.2) is 9.97 Å². The molecule has 1 unspecified atom stereocenters. The van der Waals surface area contributed by atoms with E-state index in [-0.39, 0.29) is 17.7 Å². The van der Waals surface area contributed by atoms with E-state index in [0.717, 1.165) is 34.0 Å². The van der Waals surface area contributed by atoms with Crippen molar-refractivity contribution in [2.24, 2.45) is 11.8 Å². The molecule has 4 rings (SSSR count). The number of hydrogen-bond acceptors (Lipinski definition) is 6. The van der Waals surface area contributed by atoms with Crippen molar-refractivity contribution in [2.75, 3.05) is 11.1 Å². The highest BCUT2D eigenvalue weighted by atomic mass is 16.2. The molecule has 0 bridgehead atoms.